The smallest absolute Gasteiger partial charge is 0.129 e. The Morgan fingerprint density at radius 3 is 2.33 bits per heavy atom. The summed E-state index contributed by atoms with van der Waals surface area (Å²) in [6, 6.07) is 5.43. The Morgan fingerprint density at radius 2 is 1.87 bits per heavy atom. The minimum Gasteiger partial charge on any atom is -0.497 e. The third-order valence-corrected chi connectivity index (χ3v) is 2.03. The molecule has 0 spiro atoms. The summed E-state index contributed by atoms with van der Waals surface area (Å²) in [4.78, 5) is 0. The first-order chi connectivity index (χ1) is 7.04. The second-order valence-electron chi connectivity index (χ2n) is 3.75. The molecule has 84 valence electrons. The van der Waals surface area contributed by atoms with Gasteiger partial charge in [-0.05, 0) is 32.9 Å². The highest BCUT2D eigenvalue weighted by Gasteiger charge is 2.11. The fraction of sp³-hybridized carbons (Fsp3) is 0.500. The highest BCUT2D eigenvalue weighted by molar-refractivity contribution is 5.41. The van der Waals surface area contributed by atoms with Gasteiger partial charge in [0.25, 0.3) is 0 Å². The molecule has 0 heterocycles. The number of hydrogen-bond donors (Lipinski definition) is 1. The lowest BCUT2D eigenvalue weighted by molar-refractivity contribution is 0.182. The molecule has 0 aliphatic rings. The lowest BCUT2D eigenvalue weighted by atomic mass is 10.1. The number of aliphatic hydroxyl groups is 1. The van der Waals surface area contributed by atoms with Crippen LogP contribution in [0.5, 0.6) is 11.5 Å². The van der Waals surface area contributed by atoms with E-state index < -0.39 is 6.10 Å². The Balaban J connectivity index is 3.05. The van der Waals surface area contributed by atoms with Crippen LogP contribution in [0.3, 0.4) is 0 Å². The van der Waals surface area contributed by atoms with Crippen LogP contribution >= 0.6 is 0 Å². The summed E-state index contributed by atoms with van der Waals surface area (Å²) in [7, 11) is 1.61. The first-order valence-electron chi connectivity index (χ1n) is 5.07. The maximum absolute atomic E-state index is 9.56. The lowest BCUT2D eigenvalue weighted by Gasteiger charge is -2.16. The van der Waals surface area contributed by atoms with Gasteiger partial charge in [0.15, 0.2) is 0 Å². The molecular weight excluding hydrogens is 192 g/mol. The summed E-state index contributed by atoms with van der Waals surface area (Å²) in [5.74, 6) is 1.41. The van der Waals surface area contributed by atoms with E-state index >= 15 is 0 Å². The van der Waals surface area contributed by atoms with Gasteiger partial charge in [-0.2, -0.15) is 0 Å². The molecule has 1 aromatic carbocycles. The molecule has 0 radical (unpaired) electrons. The number of ether oxygens (including phenoxy) is 2. The van der Waals surface area contributed by atoms with Gasteiger partial charge in [-0.15, -0.1) is 0 Å². The normalized spacial score (nSPS) is 12.7. The zero-order valence-electron chi connectivity index (χ0n) is 9.65. The average molecular weight is 210 g/mol. The van der Waals surface area contributed by atoms with Gasteiger partial charge in [0.1, 0.15) is 11.5 Å². The first kappa shape index (κ1) is 11.9. The average Bonchev–Trinajstić information content (AvgIpc) is 2.16. The van der Waals surface area contributed by atoms with Crippen molar-refractivity contribution in [3.05, 3.63) is 23.8 Å². The van der Waals surface area contributed by atoms with E-state index in [2.05, 4.69) is 0 Å². The SMILES string of the molecule is COc1ccc(C(C)O)c(OC(C)C)c1. The fourth-order valence-electron chi connectivity index (χ4n) is 1.34. The molecule has 3 nitrogen and oxygen atoms in total. The molecule has 3 heteroatoms. The van der Waals surface area contributed by atoms with Gasteiger partial charge in [0, 0.05) is 11.6 Å². The van der Waals surface area contributed by atoms with Gasteiger partial charge in [-0.3, -0.25) is 0 Å². The van der Waals surface area contributed by atoms with Crippen LogP contribution in [0.4, 0.5) is 0 Å². The van der Waals surface area contributed by atoms with E-state index in [4.69, 9.17) is 9.47 Å². The summed E-state index contributed by atoms with van der Waals surface area (Å²) in [5.41, 5.74) is 0.782. The Hall–Kier alpha value is -1.22. The van der Waals surface area contributed by atoms with Crippen LogP contribution < -0.4 is 9.47 Å². The van der Waals surface area contributed by atoms with Gasteiger partial charge < -0.3 is 14.6 Å². The van der Waals surface area contributed by atoms with E-state index in [0.717, 1.165) is 11.3 Å². The quantitative estimate of drug-likeness (QED) is 0.830. The predicted octanol–water partition coefficient (Wildman–Crippen LogP) is 2.54. The van der Waals surface area contributed by atoms with Crippen molar-refractivity contribution in [3.63, 3.8) is 0 Å². The van der Waals surface area contributed by atoms with Crippen LogP contribution in [0, 0.1) is 0 Å². The van der Waals surface area contributed by atoms with Gasteiger partial charge >= 0.3 is 0 Å². The zero-order valence-corrected chi connectivity index (χ0v) is 9.65. The highest BCUT2D eigenvalue weighted by Crippen LogP contribution is 2.30. The molecule has 1 unspecified atom stereocenters. The maximum Gasteiger partial charge on any atom is 0.129 e. The van der Waals surface area contributed by atoms with Crippen molar-refractivity contribution < 1.29 is 14.6 Å². The van der Waals surface area contributed by atoms with Crippen LogP contribution in [0.25, 0.3) is 0 Å². The van der Waals surface area contributed by atoms with Crippen LogP contribution in [0.1, 0.15) is 32.4 Å². The third kappa shape index (κ3) is 3.13. The van der Waals surface area contributed by atoms with Crippen LogP contribution in [0.15, 0.2) is 18.2 Å². The monoisotopic (exact) mass is 210 g/mol. The van der Waals surface area contributed by atoms with Crippen molar-refractivity contribution in [2.45, 2.75) is 33.0 Å². The number of benzene rings is 1. The summed E-state index contributed by atoms with van der Waals surface area (Å²) in [5, 5.41) is 9.56. The van der Waals surface area contributed by atoms with Crippen molar-refractivity contribution in [3.8, 4) is 11.5 Å². The van der Waals surface area contributed by atoms with Gasteiger partial charge in [-0.1, -0.05) is 0 Å². The Kier molecular flexibility index (Phi) is 3.97. The summed E-state index contributed by atoms with van der Waals surface area (Å²) in [6.07, 6.45) is -0.459. The van der Waals surface area contributed by atoms with E-state index in [-0.39, 0.29) is 6.10 Å². The van der Waals surface area contributed by atoms with Crippen molar-refractivity contribution in [2.75, 3.05) is 7.11 Å². The van der Waals surface area contributed by atoms with E-state index in [9.17, 15) is 5.11 Å². The first-order valence-corrected chi connectivity index (χ1v) is 5.07. The second kappa shape index (κ2) is 5.03. The minimum absolute atomic E-state index is 0.0783. The Bertz CT molecular complexity index is 319. The molecule has 0 bridgehead atoms. The van der Waals surface area contributed by atoms with Crippen molar-refractivity contribution in [2.24, 2.45) is 0 Å². The highest BCUT2D eigenvalue weighted by atomic mass is 16.5. The zero-order chi connectivity index (χ0) is 11.4. The number of rotatable bonds is 4. The van der Waals surface area contributed by atoms with Crippen LogP contribution in [-0.2, 0) is 0 Å². The van der Waals surface area contributed by atoms with Crippen molar-refractivity contribution in [1.29, 1.82) is 0 Å². The van der Waals surface area contributed by atoms with Gasteiger partial charge in [-0.25, -0.2) is 0 Å². The molecule has 1 N–H and O–H groups in total. The molecule has 1 aromatic rings. The number of methoxy groups -OCH3 is 1. The van der Waals surface area contributed by atoms with Gasteiger partial charge in [0.05, 0.1) is 19.3 Å². The molecule has 1 atom stereocenters. The van der Waals surface area contributed by atoms with Crippen molar-refractivity contribution in [1.82, 2.24) is 0 Å². The molecule has 0 saturated carbocycles. The maximum atomic E-state index is 9.56. The molecule has 0 aliphatic carbocycles. The summed E-state index contributed by atoms with van der Waals surface area (Å²) < 4.78 is 10.7. The predicted molar refractivity (Wildman–Crippen MR) is 59.4 cm³/mol. The Labute approximate surface area is 90.6 Å². The molecule has 1 rings (SSSR count). The molecule has 15 heavy (non-hydrogen) atoms. The molecule has 0 saturated heterocycles. The topological polar surface area (TPSA) is 38.7 Å². The van der Waals surface area contributed by atoms with E-state index in [1.165, 1.54) is 0 Å². The summed E-state index contributed by atoms with van der Waals surface area (Å²) in [6.45, 7) is 5.62. The molecule has 0 aliphatic heterocycles. The molecule has 0 amide bonds. The van der Waals surface area contributed by atoms with E-state index in [1.807, 2.05) is 26.0 Å². The fourth-order valence-corrected chi connectivity index (χ4v) is 1.34. The number of aliphatic hydroxyl groups excluding tert-OH is 1. The van der Waals surface area contributed by atoms with Crippen LogP contribution in [-0.4, -0.2) is 18.3 Å². The van der Waals surface area contributed by atoms with Gasteiger partial charge in [0.2, 0.25) is 0 Å². The molecular formula is C12H18O3. The lowest BCUT2D eigenvalue weighted by Crippen LogP contribution is -2.08. The largest absolute Gasteiger partial charge is 0.497 e. The summed E-state index contributed by atoms with van der Waals surface area (Å²) >= 11 is 0. The van der Waals surface area contributed by atoms with E-state index in [1.54, 1.807) is 20.1 Å². The van der Waals surface area contributed by atoms with Crippen molar-refractivity contribution >= 4 is 0 Å². The third-order valence-electron chi connectivity index (χ3n) is 2.03. The number of hydrogen-bond acceptors (Lipinski definition) is 3. The second-order valence-corrected chi connectivity index (χ2v) is 3.75. The molecule has 0 aromatic heterocycles. The standard InChI is InChI=1S/C12H18O3/c1-8(2)15-12-7-10(14-4)5-6-11(12)9(3)13/h5-9,13H,1-4H3. The molecule has 0 fully saturated rings. The van der Waals surface area contributed by atoms with Crippen LogP contribution in [0.2, 0.25) is 0 Å². The minimum atomic E-state index is -0.537. The Morgan fingerprint density at radius 1 is 1.20 bits per heavy atom. The van der Waals surface area contributed by atoms with E-state index in [0.29, 0.717) is 5.75 Å².